The molecular weight excluding hydrogens is 232 g/mol. The van der Waals surface area contributed by atoms with Crippen molar-refractivity contribution in [3.05, 3.63) is 47.2 Å². The van der Waals surface area contributed by atoms with Gasteiger partial charge < -0.3 is 9.15 Å². The average molecular weight is 244 g/mol. The first kappa shape index (κ1) is 12.1. The number of rotatable bonds is 3. The molecule has 2 rings (SSSR count). The third-order valence-corrected chi connectivity index (χ3v) is 2.59. The van der Waals surface area contributed by atoms with Gasteiger partial charge in [0.1, 0.15) is 5.76 Å². The number of ether oxygens (including phenoxy) is 1. The summed E-state index contributed by atoms with van der Waals surface area (Å²) in [5.74, 6) is 0.261. The summed E-state index contributed by atoms with van der Waals surface area (Å²) in [6.45, 7) is 1.88. The van der Waals surface area contributed by atoms with Crippen LogP contribution in [0.1, 0.15) is 26.5 Å². The van der Waals surface area contributed by atoms with Crippen molar-refractivity contribution in [1.29, 1.82) is 0 Å². The fraction of sp³-hybridized carbons (Fsp3) is 0.143. The third kappa shape index (κ3) is 2.18. The highest BCUT2D eigenvalue weighted by Crippen LogP contribution is 2.27. The number of hydrogen-bond donors (Lipinski definition) is 0. The van der Waals surface area contributed by atoms with Crippen LogP contribution in [0, 0.1) is 6.92 Å². The molecule has 0 N–H and O–H groups in total. The zero-order valence-electron chi connectivity index (χ0n) is 10.1. The van der Waals surface area contributed by atoms with Crippen LogP contribution in [0.3, 0.4) is 0 Å². The van der Waals surface area contributed by atoms with Gasteiger partial charge in [0.15, 0.2) is 12.0 Å². The Hall–Kier alpha value is -2.36. The molecule has 4 heteroatoms. The third-order valence-electron chi connectivity index (χ3n) is 2.59. The lowest BCUT2D eigenvalue weighted by Gasteiger charge is -2.06. The van der Waals surface area contributed by atoms with Crippen LogP contribution in [0.25, 0.3) is 11.3 Å². The Morgan fingerprint density at radius 2 is 2.06 bits per heavy atom. The van der Waals surface area contributed by atoms with E-state index < -0.39 is 5.97 Å². The molecule has 0 unspecified atom stereocenters. The molecule has 1 heterocycles. The molecule has 0 spiro atoms. The number of esters is 1. The molecule has 1 aromatic carbocycles. The summed E-state index contributed by atoms with van der Waals surface area (Å²) in [4.78, 5) is 22.3. The summed E-state index contributed by atoms with van der Waals surface area (Å²) in [6.07, 6.45) is 0.621. The molecule has 4 nitrogen and oxygen atoms in total. The van der Waals surface area contributed by atoms with Gasteiger partial charge in [0.25, 0.3) is 0 Å². The summed E-state index contributed by atoms with van der Waals surface area (Å²) in [5, 5.41) is 0. The number of furan rings is 1. The first-order valence-electron chi connectivity index (χ1n) is 5.40. The Balaban J connectivity index is 2.55. The van der Waals surface area contributed by atoms with Crippen LogP contribution in [0.5, 0.6) is 0 Å². The molecule has 0 aliphatic rings. The Labute approximate surface area is 104 Å². The van der Waals surface area contributed by atoms with Crippen LogP contribution in [0.2, 0.25) is 0 Å². The van der Waals surface area contributed by atoms with Crippen LogP contribution in [0.4, 0.5) is 0 Å². The molecule has 0 atom stereocenters. The standard InChI is InChI=1S/C14H12O4/c1-9-3-5-11(12(7-9)14(16)17-2)13-6-4-10(8-15)18-13/h3-8H,1-2H3. The zero-order chi connectivity index (χ0) is 13.1. The van der Waals surface area contributed by atoms with Crippen LogP contribution >= 0.6 is 0 Å². The van der Waals surface area contributed by atoms with Crippen molar-refractivity contribution < 1.29 is 18.7 Å². The number of hydrogen-bond acceptors (Lipinski definition) is 4. The van der Waals surface area contributed by atoms with E-state index in [0.717, 1.165) is 5.56 Å². The number of carbonyl (C=O) groups excluding carboxylic acids is 2. The van der Waals surface area contributed by atoms with E-state index >= 15 is 0 Å². The van der Waals surface area contributed by atoms with E-state index in [-0.39, 0.29) is 5.76 Å². The lowest BCUT2D eigenvalue weighted by atomic mass is 10.0. The molecule has 0 bridgehead atoms. The highest BCUT2D eigenvalue weighted by molar-refractivity contribution is 5.96. The largest absolute Gasteiger partial charge is 0.465 e. The Morgan fingerprint density at radius 3 is 2.67 bits per heavy atom. The van der Waals surface area contributed by atoms with Gasteiger partial charge in [-0.3, -0.25) is 4.79 Å². The molecule has 18 heavy (non-hydrogen) atoms. The van der Waals surface area contributed by atoms with Crippen molar-refractivity contribution in [2.45, 2.75) is 6.92 Å². The van der Waals surface area contributed by atoms with Gasteiger partial charge in [-0.1, -0.05) is 17.7 Å². The number of benzene rings is 1. The second-order valence-electron chi connectivity index (χ2n) is 3.86. The monoisotopic (exact) mass is 244 g/mol. The highest BCUT2D eigenvalue weighted by Gasteiger charge is 2.16. The minimum absolute atomic E-state index is 0.224. The number of aryl methyl sites for hydroxylation is 1. The topological polar surface area (TPSA) is 56.5 Å². The summed E-state index contributed by atoms with van der Waals surface area (Å²) in [6, 6.07) is 8.58. The van der Waals surface area contributed by atoms with E-state index in [1.54, 1.807) is 24.3 Å². The van der Waals surface area contributed by atoms with Crippen LogP contribution in [0.15, 0.2) is 34.7 Å². The lowest BCUT2D eigenvalue weighted by molar-refractivity contribution is 0.0601. The van der Waals surface area contributed by atoms with Gasteiger partial charge in [0, 0.05) is 5.56 Å². The van der Waals surface area contributed by atoms with E-state index in [4.69, 9.17) is 9.15 Å². The van der Waals surface area contributed by atoms with Gasteiger partial charge in [-0.2, -0.15) is 0 Å². The normalized spacial score (nSPS) is 10.1. The van der Waals surface area contributed by atoms with Crippen molar-refractivity contribution in [3.8, 4) is 11.3 Å². The number of methoxy groups -OCH3 is 1. The van der Waals surface area contributed by atoms with Crippen molar-refractivity contribution in [2.24, 2.45) is 0 Å². The first-order valence-corrected chi connectivity index (χ1v) is 5.40. The molecule has 0 radical (unpaired) electrons. The van der Waals surface area contributed by atoms with E-state index in [1.807, 2.05) is 13.0 Å². The molecular formula is C14H12O4. The Kier molecular flexibility index (Phi) is 3.28. The summed E-state index contributed by atoms with van der Waals surface area (Å²) in [5.41, 5.74) is 1.98. The molecule has 0 aliphatic heterocycles. The van der Waals surface area contributed by atoms with Crippen LogP contribution < -0.4 is 0 Å². The number of aldehydes is 1. The molecule has 2 aromatic rings. The van der Waals surface area contributed by atoms with Gasteiger partial charge in [-0.25, -0.2) is 4.79 Å². The van der Waals surface area contributed by atoms with Crippen molar-refractivity contribution in [1.82, 2.24) is 0 Å². The maximum atomic E-state index is 11.7. The Morgan fingerprint density at radius 1 is 1.28 bits per heavy atom. The van der Waals surface area contributed by atoms with Crippen molar-refractivity contribution in [2.75, 3.05) is 7.11 Å². The first-order chi connectivity index (χ1) is 8.65. The number of carbonyl (C=O) groups is 2. The molecule has 0 amide bonds. The molecule has 0 fully saturated rings. The molecule has 0 saturated carbocycles. The quantitative estimate of drug-likeness (QED) is 0.615. The van der Waals surface area contributed by atoms with Crippen molar-refractivity contribution in [3.63, 3.8) is 0 Å². The minimum atomic E-state index is -0.433. The van der Waals surface area contributed by atoms with Gasteiger partial charge in [0.05, 0.1) is 12.7 Å². The van der Waals surface area contributed by atoms with Gasteiger partial charge in [-0.05, 0) is 25.1 Å². The van der Waals surface area contributed by atoms with Gasteiger partial charge in [-0.15, -0.1) is 0 Å². The SMILES string of the molecule is COC(=O)c1cc(C)ccc1-c1ccc(C=O)o1. The summed E-state index contributed by atoms with van der Waals surface area (Å²) >= 11 is 0. The second-order valence-corrected chi connectivity index (χ2v) is 3.86. The molecule has 0 aliphatic carbocycles. The molecule has 1 aromatic heterocycles. The predicted octanol–water partition coefficient (Wildman–Crippen LogP) is 2.85. The predicted molar refractivity (Wildman–Crippen MR) is 65.6 cm³/mol. The summed E-state index contributed by atoms with van der Waals surface area (Å²) in [7, 11) is 1.33. The average Bonchev–Trinajstić information content (AvgIpc) is 2.86. The maximum absolute atomic E-state index is 11.7. The van der Waals surface area contributed by atoms with Crippen LogP contribution in [-0.4, -0.2) is 19.4 Å². The second kappa shape index (κ2) is 4.87. The highest BCUT2D eigenvalue weighted by atomic mass is 16.5. The molecule has 92 valence electrons. The van der Waals surface area contributed by atoms with E-state index in [2.05, 4.69) is 0 Å². The van der Waals surface area contributed by atoms with Crippen LogP contribution in [-0.2, 0) is 4.74 Å². The maximum Gasteiger partial charge on any atom is 0.338 e. The van der Waals surface area contributed by atoms with E-state index in [1.165, 1.54) is 7.11 Å². The minimum Gasteiger partial charge on any atom is -0.465 e. The van der Waals surface area contributed by atoms with E-state index in [9.17, 15) is 9.59 Å². The summed E-state index contributed by atoms with van der Waals surface area (Å²) < 4.78 is 10.1. The zero-order valence-corrected chi connectivity index (χ0v) is 10.1. The van der Waals surface area contributed by atoms with Gasteiger partial charge >= 0.3 is 5.97 Å². The van der Waals surface area contributed by atoms with Gasteiger partial charge in [0.2, 0.25) is 0 Å². The molecule has 0 saturated heterocycles. The smallest absolute Gasteiger partial charge is 0.338 e. The van der Waals surface area contributed by atoms with E-state index in [0.29, 0.717) is 23.2 Å². The fourth-order valence-electron chi connectivity index (χ4n) is 1.71. The van der Waals surface area contributed by atoms with Crippen molar-refractivity contribution >= 4 is 12.3 Å². The lowest BCUT2D eigenvalue weighted by Crippen LogP contribution is -2.03. The Bertz CT molecular complexity index is 596. The fourth-order valence-corrected chi connectivity index (χ4v) is 1.71.